The van der Waals surface area contributed by atoms with Crippen LogP contribution in [-0.2, 0) is 0 Å². The van der Waals surface area contributed by atoms with Crippen molar-refractivity contribution in [2.45, 2.75) is 25.8 Å². The summed E-state index contributed by atoms with van der Waals surface area (Å²) in [7, 11) is 0. The van der Waals surface area contributed by atoms with Gasteiger partial charge in [0.15, 0.2) is 0 Å². The Kier molecular flexibility index (Phi) is 3.85. The van der Waals surface area contributed by atoms with E-state index < -0.39 is 10.5 Å². The highest BCUT2D eigenvalue weighted by atomic mass is 16.6. The van der Waals surface area contributed by atoms with E-state index in [0.29, 0.717) is 23.4 Å². The zero-order chi connectivity index (χ0) is 14.8. The Morgan fingerprint density at radius 1 is 1.40 bits per heavy atom. The van der Waals surface area contributed by atoms with Gasteiger partial charge in [0, 0.05) is 29.1 Å². The lowest BCUT2D eigenvalue weighted by Crippen LogP contribution is -2.41. The molecule has 1 atom stereocenters. The fourth-order valence-corrected chi connectivity index (χ4v) is 1.63. The molecule has 2 N–H and O–H groups in total. The molecule has 1 aromatic carbocycles. The van der Waals surface area contributed by atoms with Gasteiger partial charge in [-0.3, -0.25) is 10.1 Å². The molecule has 0 amide bonds. The van der Waals surface area contributed by atoms with Gasteiger partial charge in [-0.15, -0.1) is 0 Å². The molecule has 1 unspecified atom stereocenters. The van der Waals surface area contributed by atoms with Crippen LogP contribution in [0.2, 0.25) is 0 Å². The molecule has 0 radical (unpaired) electrons. The first-order valence-corrected chi connectivity index (χ1v) is 6.38. The van der Waals surface area contributed by atoms with Gasteiger partial charge in [0.1, 0.15) is 6.61 Å². The van der Waals surface area contributed by atoms with Gasteiger partial charge in [-0.05, 0) is 25.5 Å². The van der Waals surface area contributed by atoms with Crippen LogP contribution in [0.5, 0.6) is 5.88 Å². The average molecular weight is 275 g/mol. The SMILES string of the molecule is CCC(C)(N)COc1ccc2cc([N+](=O)[O-])ccc2n1. The molecule has 106 valence electrons. The summed E-state index contributed by atoms with van der Waals surface area (Å²) < 4.78 is 5.58. The van der Waals surface area contributed by atoms with E-state index in [1.807, 2.05) is 13.8 Å². The van der Waals surface area contributed by atoms with Crippen molar-refractivity contribution in [2.75, 3.05) is 6.61 Å². The second-order valence-electron chi connectivity index (χ2n) is 5.08. The molecule has 0 aliphatic carbocycles. The van der Waals surface area contributed by atoms with E-state index in [1.54, 1.807) is 18.2 Å². The third-order valence-electron chi connectivity index (χ3n) is 3.22. The van der Waals surface area contributed by atoms with Crippen LogP contribution in [-0.4, -0.2) is 22.1 Å². The largest absolute Gasteiger partial charge is 0.476 e. The first-order valence-electron chi connectivity index (χ1n) is 6.38. The Morgan fingerprint density at radius 3 is 2.80 bits per heavy atom. The van der Waals surface area contributed by atoms with Gasteiger partial charge >= 0.3 is 0 Å². The normalized spacial score (nSPS) is 13.9. The molecule has 1 heterocycles. The third-order valence-corrected chi connectivity index (χ3v) is 3.22. The van der Waals surface area contributed by atoms with Crippen molar-refractivity contribution in [3.05, 3.63) is 40.4 Å². The summed E-state index contributed by atoms with van der Waals surface area (Å²) in [6.45, 7) is 4.28. The molecule has 2 rings (SSSR count). The van der Waals surface area contributed by atoms with E-state index in [2.05, 4.69) is 4.98 Å². The predicted octanol–water partition coefficient (Wildman–Crippen LogP) is 2.65. The van der Waals surface area contributed by atoms with Gasteiger partial charge in [-0.1, -0.05) is 6.92 Å². The quantitative estimate of drug-likeness (QED) is 0.669. The van der Waals surface area contributed by atoms with Crippen molar-refractivity contribution < 1.29 is 9.66 Å². The number of aromatic nitrogens is 1. The highest BCUT2D eigenvalue weighted by molar-refractivity contribution is 5.81. The lowest BCUT2D eigenvalue weighted by molar-refractivity contribution is -0.384. The summed E-state index contributed by atoms with van der Waals surface area (Å²) in [5, 5.41) is 11.4. The van der Waals surface area contributed by atoms with Crippen molar-refractivity contribution in [3.8, 4) is 5.88 Å². The number of fused-ring (bicyclic) bond motifs is 1. The average Bonchev–Trinajstić information content (AvgIpc) is 2.44. The molecule has 20 heavy (non-hydrogen) atoms. The number of pyridine rings is 1. The molecule has 0 saturated carbocycles. The Morgan fingerprint density at radius 2 is 2.15 bits per heavy atom. The maximum absolute atomic E-state index is 10.7. The standard InChI is InChI=1S/C14H17N3O3/c1-3-14(2,15)9-20-13-7-4-10-8-11(17(18)19)5-6-12(10)16-13/h4-8H,3,9,15H2,1-2H3. The predicted molar refractivity (Wildman–Crippen MR) is 76.8 cm³/mol. The van der Waals surface area contributed by atoms with Crippen molar-refractivity contribution in [2.24, 2.45) is 5.73 Å². The molecule has 0 aliphatic rings. The lowest BCUT2D eigenvalue weighted by atomic mass is 10.0. The van der Waals surface area contributed by atoms with Crippen LogP contribution in [0.4, 0.5) is 5.69 Å². The smallest absolute Gasteiger partial charge is 0.270 e. The van der Waals surface area contributed by atoms with Gasteiger partial charge < -0.3 is 10.5 Å². The van der Waals surface area contributed by atoms with Gasteiger partial charge in [0.25, 0.3) is 5.69 Å². The number of ether oxygens (including phenoxy) is 1. The molecular formula is C14H17N3O3. The first-order chi connectivity index (χ1) is 9.41. The van der Waals surface area contributed by atoms with Gasteiger partial charge in [-0.25, -0.2) is 4.98 Å². The first kappa shape index (κ1) is 14.2. The molecule has 0 spiro atoms. The number of nitrogens with two attached hydrogens (primary N) is 1. The van der Waals surface area contributed by atoms with Crippen molar-refractivity contribution in [1.82, 2.24) is 4.98 Å². The monoisotopic (exact) mass is 275 g/mol. The van der Waals surface area contributed by atoms with Crippen LogP contribution in [0.15, 0.2) is 30.3 Å². The molecule has 0 fully saturated rings. The van der Waals surface area contributed by atoms with Gasteiger partial charge in [-0.2, -0.15) is 0 Å². The minimum absolute atomic E-state index is 0.0495. The number of benzene rings is 1. The Hall–Kier alpha value is -2.21. The fourth-order valence-electron chi connectivity index (χ4n) is 1.63. The number of hydrogen-bond donors (Lipinski definition) is 1. The number of rotatable bonds is 5. The molecule has 6 heteroatoms. The van der Waals surface area contributed by atoms with E-state index in [1.165, 1.54) is 12.1 Å². The number of nitro benzene ring substituents is 1. The molecule has 0 aliphatic heterocycles. The van der Waals surface area contributed by atoms with Crippen molar-refractivity contribution in [1.29, 1.82) is 0 Å². The number of nitro groups is 1. The summed E-state index contributed by atoms with van der Waals surface area (Å²) in [5.74, 6) is 0.469. The Bertz CT molecular complexity index is 641. The third kappa shape index (κ3) is 3.21. The number of hydrogen-bond acceptors (Lipinski definition) is 5. The Balaban J connectivity index is 2.22. The summed E-state index contributed by atoms with van der Waals surface area (Å²) in [5.41, 5.74) is 6.31. The Labute approximate surface area is 116 Å². The number of nitrogens with zero attached hydrogens (tertiary/aromatic N) is 2. The molecular weight excluding hydrogens is 258 g/mol. The van der Waals surface area contributed by atoms with E-state index in [0.717, 1.165) is 6.42 Å². The molecule has 2 aromatic rings. The zero-order valence-corrected chi connectivity index (χ0v) is 11.5. The molecule has 6 nitrogen and oxygen atoms in total. The summed E-state index contributed by atoms with van der Waals surface area (Å²) in [6, 6.07) is 7.98. The van der Waals surface area contributed by atoms with Gasteiger partial charge in [0.05, 0.1) is 10.4 Å². The topological polar surface area (TPSA) is 91.3 Å². The van der Waals surface area contributed by atoms with Crippen LogP contribution in [0, 0.1) is 10.1 Å². The van der Waals surface area contributed by atoms with Crippen LogP contribution in [0.1, 0.15) is 20.3 Å². The van der Waals surface area contributed by atoms with Crippen LogP contribution in [0.25, 0.3) is 10.9 Å². The van der Waals surface area contributed by atoms with E-state index in [4.69, 9.17) is 10.5 Å². The van der Waals surface area contributed by atoms with Crippen molar-refractivity contribution in [3.63, 3.8) is 0 Å². The zero-order valence-electron chi connectivity index (χ0n) is 11.5. The maximum Gasteiger partial charge on any atom is 0.270 e. The highest BCUT2D eigenvalue weighted by Gasteiger charge is 2.17. The highest BCUT2D eigenvalue weighted by Crippen LogP contribution is 2.22. The van der Waals surface area contributed by atoms with Gasteiger partial charge in [0.2, 0.25) is 5.88 Å². The van der Waals surface area contributed by atoms with E-state index in [-0.39, 0.29) is 5.69 Å². The number of non-ortho nitro benzene ring substituents is 1. The maximum atomic E-state index is 10.7. The second-order valence-corrected chi connectivity index (χ2v) is 5.08. The summed E-state index contributed by atoms with van der Waals surface area (Å²) in [4.78, 5) is 14.6. The molecule has 1 aromatic heterocycles. The summed E-state index contributed by atoms with van der Waals surface area (Å²) in [6.07, 6.45) is 0.798. The van der Waals surface area contributed by atoms with E-state index in [9.17, 15) is 10.1 Å². The van der Waals surface area contributed by atoms with Crippen LogP contribution < -0.4 is 10.5 Å². The summed E-state index contributed by atoms with van der Waals surface area (Å²) >= 11 is 0. The lowest BCUT2D eigenvalue weighted by Gasteiger charge is -2.22. The van der Waals surface area contributed by atoms with E-state index >= 15 is 0 Å². The minimum Gasteiger partial charge on any atom is -0.476 e. The fraction of sp³-hybridized carbons (Fsp3) is 0.357. The van der Waals surface area contributed by atoms with Crippen LogP contribution in [0.3, 0.4) is 0 Å². The molecule has 0 bridgehead atoms. The molecule has 0 saturated heterocycles. The second kappa shape index (κ2) is 5.42. The minimum atomic E-state index is -0.426. The van der Waals surface area contributed by atoms with Crippen molar-refractivity contribution >= 4 is 16.6 Å². The van der Waals surface area contributed by atoms with Crippen LogP contribution >= 0.6 is 0 Å².